The number of halogens is 4. The highest BCUT2D eigenvalue weighted by molar-refractivity contribution is 6.36. The average Bonchev–Trinajstić information content (AvgIpc) is 3.01. The second kappa shape index (κ2) is 8.18. The topological polar surface area (TPSA) is 17.8 Å². The highest BCUT2D eigenvalue weighted by Crippen LogP contribution is 2.37. The van der Waals surface area contributed by atoms with E-state index in [2.05, 4.69) is 0 Å². The van der Waals surface area contributed by atoms with Crippen LogP contribution in [0.4, 0.5) is 0 Å². The number of hydrogen-bond donors (Lipinski definition) is 0. The fraction of sp³-hybridized carbons (Fsp3) is 0.0455. The molecule has 0 aliphatic heterocycles. The number of nitrogens with zero attached hydrogens (tertiary/aromatic N) is 2. The molecule has 140 valence electrons. The summed E-state index contributed by atoms with van der Waals surface area (Å²) in [5.74, 6) is 0. The molecule has 0 bridgehead atoms. The maximum absolute atomic E-state index is 6.80. The van der Waals surface area contributed by atoms with E-state index in [-0.39, 0.29) is 0 Å². The third-order valence-corrected chi connectivity index (χ3v) is 5.49. The molecule has 1 heterocycles. The second-order valence-corrected chi connectivity index (χ2v) is 8.00. The van der Waals surface area contributed by atoms with Crippen LogP contribution >= 0.6 is 46.4 Å². The predicted octanol–water partition coefficient (Wildman–Crippen LogP) is 7.88. The Kier molecular flexibility index (Phi) is 5.65. The fourth-order valence-electron chi connectivity index (χ4n) is 2.99. The van der Waals surface area contributed by atoms with E-state index in [9.17, 15) is 0 Å². The maximum Gasteiger partial charge on any atom is 0.112 e. The molecule has 0 atom stereocenters. The Bertz CT molecular complexity index is 1100. The minimum absolute atomic E-state index is 0.558. The van der Waals surface area contributed by atoms with Gasteiger partial charge in [0.1, 0.15) is 5.69 Å². The van der Waals surface area contributed by atoms with Crippen LogP contribution in [0.25, 0.3) is 22.5 Å². The average molecular weight is 448 g/mol. The van der Waals surface area contributed by atoms with Gasteiger partial charge in [-0.05, 0) is 42.0 Å². The Morgan fingerprint density at radius 2 is 1.07 bits per heavy atom. The summed E-state index contributed by atoms with van der Waals surface area (Å²) in [6.07, 6.45) is 0. The monoisotopic (exact) mass is 446 g/mol. The van der Waals surface area contributed by atoms with E-state index in [1.807, 2.05) is 77.5 Å². The van der Waals surface area contributed by atoms with Gasteiger partial charge >= 0.3 is 0 Å². The standard InChI is InChI=1S/C22H14Cl4N2/c23-17-7-1-14(2-8-17)13-28-22(16-5-11-19(25)12-6-16)20(26)21(27-28)15-3-9-18(24)10-4-15/h1-12H,13H2. The van der Waals surface area contributed by atoms with Crippen molar-refractivity contribution in [3.63, 3.8) is 0 Å². The van der Waals surface area contributed by atoms with E-state index < -0.39 is 0 Å². The van der Waals surface area contributed by atoms with Crippen molar-refractivity contribution in [3.8, 4) is 22.5 Å². The second-order valence-electron chi connectivity index (χ2n) is 6.31. The van der Waals surface area contributed by atoms with Gasteiger partial charge in [0, 0.05) is 26.2 Å². The first-order chi connectivity index (χ1) is 13.5. The van der Waals surface area contributed by atoms with Gasteiger partial charge in [-0.25, -0.2) is 0 Å². The first kappa shape index (κ1) is 19.4. The van der Waals surface area contributed by atoms with Crippen LogP contribution < -0.4 is 0 Å². The van der Waals surface area contributed by atoms with Crippen LogP contribution in [0.2, 0.25) is 20.1 Å². The molecule has 0 aliphatic rings. The van der Waals surface area contributed by atoms with E-state index >= 15 is 0 Å². The molecule has 0 saturated heterocycles. The van der Waals surface area contributed by atoms with Crippen LogP contribution in [-0.2, 0) is 6.54 Å². The summed E-state index contributed by atoms with van der Waals surface area (Å²) in [4.78, 5) is 0. The van der Waals surface area contributed by atoms with E-state index in [1.165, 1.54) is 0 Å². The number of aromatic nitrogens is 2. The summed E-state index contributed by atoms with van der Waals surface area (Å²) in [6.45, 7) is 0.558. The van der Waals surface area contributed by atoms with Crippen molar-refractivity contribution in [1.82, 2.24) is 9.78 Å². The first-order valence-corrected chi connectivity index (χ1v) is 10.0. The van der Waals surface area contributed by atoms with Crippen LogP contribution in [0.1, 0.15) is 5.56 Å². The van der Waals surface area contributed by atoms with Gasteiger partial charge in [0.15, 0.2) is 0 Å². The molecule has 0 saturated carbocycles. The van der Waals surface area contributed by atoms with E-state index in [0.717, 1.165) is 22.4 Å². The summed E-state index contributed by atoms with van der Waals surface area (Å²) in [5.41, 5.74) is 4.45. The Morgan fingerprint density at radius 3 is 1.61 bits per heavy atom. The van der Waals surface area contributed by atoms with Crippen molar-refractivity contribution in [2.45, 2.75) is 6.54 Å². The summed E-state index contributed by atoms with van der Waals surface area (Å²) in [7, 11) is 0. The van der Waals surface area contributed by atoms with Crippen LogP contribution in [0.15, 0.2) is 72.8 Å². The molecule has 4 aromatic rings. The summed E-state index contributed by atoms with van der Waals surface area (Å²) in [5, 5.41) is 7.41. The summed E-state index contributed by atoms with van der Waals surface area (Å²) >= 11 is 24.9. The molecule has 0 radical (unpaired) electrons. The smallest absolute Gasteiger partial charge is 0.112 e. The fourth-order valence-corrected chi connectivity index (χ4v) is 3.72. The summed E-state index contributed by atoms with van der Waals surface area (Å²) in [6, 6.07) is 22.7. The van der Waals surface area contributed by atoms with Gasteiger partial charge in [0.05, 0.1) is 17.3 Å². The first-order valence-electron chi connectivity index (χ1n) is 8.54. The van der Waals surface area contributed by atoms with E-state index in [0.29, 0.717) is 32.3 Å². The minimum Gasteiger partial charge on any atom is -0.258 e. The Labute approximate surface area is 183 Å². The lowest BCUT2D eigenvalue weighted by Gasteiger charge is -2.09. The van der Waals surface area contributed by atoms with Crippen molar-refractivity contribution < 1.29 is 0 Å². The van der Waals surface area contributed by atoms with Gasteiger partial charge in [-0.3, -0.25) is 4.68 Å². The molecule has 0 spiro atoms. The maximum atomic E-state index is 6.80. The van der Waals surface area contributed by atoms with Crippen LogP contribution in [-0.4, -0.2) is 9.78 Å². The van der Waals surface area contributed by atoms with Crippen LogP contribution in [0.3, 0.4) is 0 Å². The van der Waals surface area contributed by atoms with Gasteiger partial charge < -0.3 is 0 Å². The third-order valence-electron chi connectivity index (χ3n) is 4.38. The minimum atomic E-state index is 0.558. The van der Waals surface area contributed by atoms with Crippen LogP contribution in [0.5, 0.6) is 0 Å². The lowest BCUT2D eigenvalue weighted by molar-refractivity contribution is 0.697. The molecule has 2 nitrogen and oxygen atoms in total. The van der Waals surface area contributed by atoms with Gasteiger partial charge in [-0.15, -0.1) is 0 Å². The summed E-state index contributed by atoms with van der Waals surface area (Å²) < 4.78 is 1.90. The lowest BCUT2D eigenvalue weighted by atomic mass is 10.1. The molecule has 4 rings (SSSR count). The number of rotatable bonds is 4. The largest absolute Gasteiger partial charge is 0.258 e. The molecular weight excluding hydrogens is 434 g/mol. The van der Waals surface area contributed by atoms with Crippen molar-refractivity contribution in [1.29, 1.82) is 0 Å². The SMILES string of the molecule is Clc1ccc(Cn2nc(-c3ccc(Cl)cc3)c(Cl)c2-c2ccc(Cl)cc2)cc1. The van der Waals surface area contributed by atoms with E-state index in [1.54, 1.807) is 0 Å². The number of hydrogen-bond acceptors (Lipinski definition) is 1. The lowest BCUT2D eigenvalue weighted by Crippen LogP contribution is -2.04. The van der Waals surface area contributed by atoms with Gasteiger partial charge in [0.2, 0.25) is 0 Å². The Hall–Kier alpha value is -1.97. The molecule has 1 aromatic heterocycles. The molecule has 0 amide bonds. The van der Waals surface area contributed by atoms with Gasteiger partial charge in [0.25, 0.3) is 0 Å². The zero-order valence-electron chi connectivity index (χ0n) is 14.5. The van der Waals surface area contributed by atoms with Crippen molar-refractivity contribution >= 4 is 46.4 Å². The molecule has 0 aliphatic carbocycles. The molecule has 0 fully saturated rings. The quantitative estimate of drug-likeness (QED) is 0.311. The van der Waals surface area contributed by atoms with Gasteiger partial charge in [-0.2, -0.15) is 5.10 Å². The van der Waals surface area contributed by atoms with Crippen LogP contribution in [0, 0.1) is 0 Å². The highest BCUT2D eigenvalue weighted by Gasteiger charge is 2.19. The van der Waals surface area contributed by atoms with Crippen molar-refractivity contribution in [2.75, 3.05) is 0 Å². The zero-order chi connectivity index (χ0) is 19.7. The molecule has 3 aromatic carbocycles. The molecule has 28 heavy (non-hydrogen) atoms. The molecule has 0 N–H and O–H groups in total. The zero-order valence-corrected chi connectivity index (χ0v) is 17.6. The third kappa shape index (κ3) is 4.06. The van der Waals surface area contributed by atoms with E-state index in [4.69, 9.17) is 51.5 Å². The highest BCUT2D eigenvalue weighted by atomic mass is 35.5. The van der Waals surface area contributed by atoms with Crippen molar-refractivity contribution in [3.05, 3.63) is 98.5 Å². The van der Waals surface area contributed by atoms with Crippen molar-refractivity contribution in [2.24, 2.45) is 0 Å². The Morgan fingerprint density at radius 1 is 0.607 bits per heavy atom. The Balaban J connectivity index is 1.84. The van der Waals surface area contributed by atoms with Gasteiger partial charge in [-0.1, -0.05) is 82.8 Å². The molecule has 0 unspecified atom stereocenters. The molecule has 6 heteroatoms. The molecular formula is C22H14Cl4N2. The predicted molar refractivity (Wildman–Crippen MR) is 119 cm³/mol. The normalized spacial score (nSPS) is 11.0. The number of benzene rings is 3.